The predicted octanol–water partition coefficient (Wildman–Crippen LogP) is 3.06. The molecule has 3 aromatic rings. The Balaban J connectivity index is 1.53. The fraction of sp³-hybridized carbons (Fsp3) is 0.333. The van der Waals surface area contributed by atoms with E-state index < -0.39 is 0 Å². The summed E-state index contributed by atoms with van der Waals surface area (Å²) in [6.45, 7) is 6.39. The Hall–Kier alpha value is -2.70. The van der Waals surface area contributed by atoms with Gasteiger partial charge in [0.05, 0.1) is 24.2 Å². The molecule has 27 heavy (non-hydrogen) atoms. The van der Waals surface area contributed by atoms with Crippen molar-refractivity contribution in [3.05, 3.63) is 59.4 Å². The average molecular weight is 364 g/mol. The highest BCUT2D eigenvalue weighted by molar-refractivity contribution is 6.05. The van der Waals surface area contributed by atoms with Gasteiger partial charge in [0.2, 0.25) is 0 Å². The molecule has 1 aromatic heterocycles. The summed E-state index contributed by atoms with van der Waals surface area (Å²) in [6.07, 6.45) is 0. The first-order chi connectivity index (χ1) is 13.1. The maximum absolute atomic E-state index is 12.4. The largest absolute Gasteiger partial charge is 0.383 e. The number of imidazole rings is 1. The van der Waals surface area contributed by atoms with Crippen LogP contribution in [0.3, 0.4) is 0 Å². The summed E-state index contributed by atoms with van der Waals surface area (Å²) in [5.41, 5.74) is 4.58. The highest BCUT2D eigenvalue weighted by Gasteiger charge is 2.20. The van der Waals surface area contributed by atoms with Crippen LogP contribution in [0.25, 0.3) is 11.0 Å². The van der Waals surface area contributed by atoms with Crippen molar-refractivity contribution in [1.82, 2.24) is 14.5 Å². The van der Waals surface area contributed by atoms with Crippen LogP contribution in [-0.4, -0.2) is 47.2 Å². The van der Waals surface area contributed by atoms with E-state index in [0.717, 1.165) is 60.9 Å². The van der Waals surface area contributed by atoms with Crippen molar-refractivity contribution >= 4 is 22.6 Å². The van der Waals surface area contributed by atoms with Crippen LogP contribution >= 0.6 is 0 Å². The van der Waals surface area contributed by atoms with Crippen LogP contribution in [-0.2, 0) is 17.8 Å². The number of aromatic nitrogens is 2. The minimum absolute atomic E-state index is 0.107. The lowest BCUT2D eigenvalue weighted by molar-refractivity contribution is 0.102. The van der Waals surface area contributed by atoms with E-state index in [9.17, 15) is 4.79 Å². The van der Waals surface area contributed by atoms with Crippen molar-refractivity contribution in [2.24, 2.45) is 0 Å². The number of rotatable bonds is 5. The molecule has 1 amide bonds. The number of nitrogens with one attached hydrogen (secondary N) is 1. The molecule has 6 nitrogen and oxygen atoms in total. The summed E-state index contributed by atoms with van der Waals surface area (Å²) in [5, 5.41) is 2.97. The number of hydrogen-bond acceptors (Lipinski definition) is 4. The van der Waals surface area contributed by atoms with Crippen LogP contribution in [0.15, 0.2) is 42.5 Å². The molecule has 0 radical (unpaired) electrons. The summed E-state index contributed by atoms with van der Waals surface area (Å²) in [4.78, 5) is 19.6. The third-order valence-corrected chi connectivity index (χ3v) is 5.02. The van der Waals surface area contributed by atoms with E-state index in [1.165, 1.54) is 0 Å². The molecule has 0 bridgehead atoms. The molecular weight excluding hydrogens is 340 g/mol. The zero-order chi connectivity index (χ0) is 18.8. The number of fused-ring (bicyclic) bond motifs is 3. The number of aryl methyl sites for hydroxylation is 1. The summed E-state index contributed by atoms with van der Waals surface area (Å²) < 4.78 is 7.45. The smallest absolute Gasteiger partial charge is 0.255 e. The third-order valence-electron chi connectivity index (χ3n) is 5.02. The standard InChI is InChI=1S/C21H24N4O2/c1-15-3-5-16(6-4-15)21(26)22-17-7-8-19-18(13-17)23-20-14-24(11-12-27-2)9-10-25(19)20/h3-8,13H,9-12,14H2,1-2H3,(H,22,26). The molecule has 4 rings (SSSR count). The Kier molecular flexibility index (Phi) is 4.92. The van der Waals surface area contributed by atoms with Crippen molar-refractivity contribution in [1.29, 1.82) is 0 Å². The van der Waals surface area contributed by atoms with Gasteiger partial charge in [-0.3, -0.25) is 9.69 Å². The molecule has 0 saturated carbocycles. The number of nitrogens with zero attached hydrogens (tertiary/aromatic N) is 3. The van der Waals surface area contributed by atoms with E-state index in [-0.39, 0.29) is 5.91 Å². The summed E-state index contributed by atoms with van der Waals surface area (Å²) in [6, 6.07) is 13.5. The summed E-state index contributed by atoms with van der Waals surface area (Å²) in [7, 11) is 1.73. The van der Waals surface area contributed by atoms with Gasteiger partial charge in [-0.2, -0.15) is 0 Å². The zero-order valence-electron chi connectivity index (χ0n) is 15.7. The highest BCUT2D eigenvalue weighted by Crippen LogP contribution is 2.24. The van der Waals surface area contributed by atoms with E-state index in [4.69, 9.17) is 9.72 Å². The molecule has 1 N–H and O–H groups in total. The van der Waals surface area contributed by atoms with Gasteiger partial charge in [0.15, 0.2) is 0 Å². The number of benzene rings is 2. The van der Waals surface area contributed by atoms with Gasteiger partial charge >= 0.3 is 0 Å². The SMILES string of the molecule is COCCN1CCn2c(nc3cc(NC(=O)c4ccc(C)cc4)ccc32)C1. The average Bonchev–Trinajstić information content (AvgIpc) is 3.03. The summed E-state index contributed by atoms with van der Waals surface area (Å²) in [5.74, 6) is 0.957. The number of carbonyl (C=O) groups is 1. The first kappa shape index (κ1) is 17.7. The first-order valence-electron chi connectivity index (χ1n) is 9.22. The molecule has 0 atom stereocenters. The van der Waals surface area contributed by atoms with Gasteiger partial charge < -0.3 is 14.6 Å². The van der Waals surface area contributed by atoms with Crippen molar-refractivity contribution < 1.29 is 9.53 Å². The molecule has 0 unspecified atom stereocenters. The first-order valence-corrected chi connectivity index (χ1v) is 9.22. The van der Waals surface area contributed by atoms with E-state index in [2.05, 4.69) is 14.8 Å². The van der Waals surface area contributed by atoms with E-state index >= 15 is 0 Å². The molecule has 2 aromatic carbocycles. The molecular formula is C21H24N4O2. The Morgan fingerprint density at radius 2 is 2.00 bits per heavy atom. The highest BCUT2D eigenvalue weighted by atomic mass is 16.5. The van der Waals surface area contributed by atoms with Gasteiger partial charge in [0.1, 0.15) is 5.82 Å². The number of hydrogen-bond donors (Lipinski definition) is 1. The minimum atomic E-state index is -0.107. The number of methoxy groups -OCH3 is 1. The molecule has 1 aliphatic rings. The molecule has 140 valence electrons. The molecule has 1 aliphatic heterocycles. The zero-order valence-corrected chi connectivity index (χ0v) is 15.7. The van der Waals surface area contributed by atoms with Crippen LogP contribution < -0.4 is 5.32 Å². The lowest BCUT2D eigenvalue weighted by Crippen LogP contribution is -2.35. The van der Waals surface area contributed by atoms with E-state index in [1.807, 2.05) is 49.4 Å². The fourth-order valence-electron chi connectivity index (χ4n) is 3.47. The lowest BCUT2D eigenvalue weighted by Gasteiger charge is -2.27. The molecule has 6 heteroatoms. The van der Waals surface area contributed by atoms with Crippen LogP contribution in [0.1, 0.15) is 21.7 Å². The summed E-state index contributed by atoms with van der Waals surface area (Å²) >= 11 is 0. The van der Waals surface area contributed by atoms with Gasteiger partial charge in [-0.05, 0) is 37.3 Å². The monoisotopic (exact) mass is 364 g/mol. The normalized spacial score (nSPS) is 14.3. The topological polar surface area (TPSA) is 59.4 Å². The van der Waals surface area contributed by atoms with Gasteiger partial charge in [0, 0.05) is 38.0 Å². The Bertz CT molecular complexity index is 962. The van der Waals surface area contributed by atoms with Crippen molar-refractivity contribution in [3.8, 4) is 0 Å². The minimum Gasteiger partial charge on any atom is -0.383 e. The number of anilines is 1. The predicted molar refractivity (Wildman–Crippen MR) is 106 cm³/mol. The van der Waals surface area contributed by atoms with Crippen LogP contribution in [0, 0.1) is 6.92 Å². The van der Waals surface area contributed by atoms with Crippen molar-refractivity contribution in [3.63, 3.8) is 0 Å². The second kappa shape index (κ2) is 7.50. The Labute approximate surface area is 158 Å². The van der Waals surface area contributed by atoms with Crippen LogP contribution in [0.4, 0.5) is 5.69 Å². The number of amides is 1. The molecule has 0 fully saturated rings. The second-order valence-electron chi connectivity index (χ2n) is 6.97. The molecule has 2 heterocycles. The van der Waals surface area contributed by atoms with Crippen LogP contribution in [0.5, 0.6) is 0 Å². The fourth-order valence-corrected chi connectivity index (χ4v) is 3.47. The molecule has 0 spiro atoms. The Morgan fingerprint density at radius 3 is 2.78 bits per heavy atom. The maximum Gasteiger partial charge on any atom is 0.255 e. The number of carbonyl (C=O) groups excluding carboxylic acids is 1. The lowest BCUT2D eigenvalue weighted by atomic mass is 10.1. The Morgan fingerprint density at radius 1 is 1.19 bits per heavy atom. The van der Waals surface area contributed by atoms with Gasteiger partial charge in [-0.15, -0.1) is 0 Å². The quantitative estimate of drug-likeness (QED) is 0.756. The van der Waals surface area contributed by atoms with Gasteiger partial charge in [-0.1, -0.05) is 17.7 Å². The van der Waals surface area contributed by atoms with E-state index in [0.29, 0.717) is 5.56 Å². The third kappa shape index (κ3) is 3.72. The maximum atomic E-state index is 12.4. The molecule has 0 saturated heterocycles. The van der Waals surface area contributed by atoms with E-state index in [1.54, 1.807) is 7.11 Å². The number of ether oxygens (including phenoxy) is 1. The molecule has 0 aliphatic carbocycles. The van der Waals surface area contributed by atoms with Crippen LogP contribution in [0.2, 0.25) is 0 Å². The van der Waals surface area contributed by atoms with Crippen molar-refractivity contribution in [2.45, 2.75) is 20.0 Å². The van der Waals surface area contributed by atoms with Crippen molar-refractivity contribution in [2.75, 3.05) is 32.1 Å². The van der Waals surface area contributed by atoms with Gasteiger partial charge in [-0.25, -0.2) is 4.98 Å². The van der Waals surface area contributed by atoms with Gasteiger partial charge in [0.25, 0.3) is 5.91 Å². The second-order valence-corrected chi connectivity index (χ2v) is 6.97.